The van der Waals surface area contributed by atoms with Crippen LogP contribution in [0.4, 0.5) is 5.69 Å². The Bertz CT molecular complexity index is 458. The fourth-order valence-corrected chi connectivity index (χ4v) is 2.91. The fourth-order valence-electron chi connectivity index (χ4n) is 2.91. The van der Waals surface area contributed by atoms with Gasteiger partial charge in [0.25, 0.3) is 0 Å². The molecule has 3 nitrogen and oxygen atoms in total. The summed E-state index contributed by atoms with van der Waals surface area (Å²) in [6.07, 6.45) is 7.13. The Morgan fingerprint density at radius 3 is 2.47 bits per heavy atom. The van der Waals surface area contributed by atoms with Crippen LogP contribution in [0.1, 0.15) is 44.1 Å². The summed E-state index contributed by atoms with van der Waals surface area (Å²) in [6, 6.07) is 7.76. The first-order valence-electron chi connectivity index (χ1n) is 7.35. The van der Waals surface area contributed by atoms with E-state index in [1.54, 1.807) is 0 Å². The van der Waals surface area contributed by atoms with Crippen LogP contribution in [0.15, 0.2) is 24.3 Å². The summed E-state index contributed by atoms with van der Waals surface area (Å²) in [4.78, 5) is 12.4. The predicted octanol–water partition coefficient (Wildman–Crippen LogP) is 2.61. The maximum absolute atomic E-state index is 12.4. The highest BCUT2D eigenvalue weighted by Gasteiger charge is 2.50. The zero-order valence-electron chi connectivity index (χ0n) is 11.3. The monoisotopic (exact) mass is 258 g/mol. The molecule has 2 saturated carbocycles. The van der Waals surface area contributed by atoms with E-state index in [0.717, 1.165) is 43.0 Å². The van der Waals surface area contributed by atoms with E-state index >= 15 is 0 Å². The number of nitrogens with one attached hydrogen (secondary N) is 1. The van der Waals surface area contributed by atoms with E-state index in [1.807, 2.05) is 24.3 Å². The lowest BCUT2D eigenvalue weighted by Gasteiger charge is -2.25. The molecule has 1 amide bonds. The van der Waals surface area contributed by atoms with Gasteiger partial charge in [0, 0.05) is 12.2 Å². The highest BCUT2D eigenvalue weighted by molar-refractivity contribution is 5.91. The molecule has 102 valence electrons. The van der Waals surface area contributed by atoms with Crippen molar-refractivity contribution in [3.8, 4) is 0 Å². The summed E-state index contributed by atoms with van der Waals surface area (Å²) in [5.74, 6) is 1.06. The van der Waals surface area contributed by atoms with Gasteiger partial charge in [-0.25, -0.2) is 0 Å². The van der Waals surface area contributed by atoms with Gasteiger partial charge < -0.3 is 11.1 Å². The van der Waals surface area contributed by atoms with E-state index < -0.39 is 0 Å². The van der Waals surface area contributed by atoms with Crippen LogP contribution >= 0.6 is 0 Å². The number of benzene rings is 1. The molecule has 2 aliphatic rings. The van der Waals surface area contributed by atoms with Gasteiger partial charge in [-0.15, -0.1) is 0 Å². The molecule has 2 fully saturated rings. The van der Waals surface area contributed by atoms with Crippen LogP contribution < -0.4 is 11.1 Å². The van der Waals surface area contributed by atoms with Crippen LogP contribution in [0.25, 0.3) is 0 Å². The quantitative estimate of drug-likeness (QED) is 0.798. The number of hydrogen-bond acceptors (Lipinski definition) is 2. The van der Waals surface area contributed by atoms with Gasteiger partial charge in [0.2, 0.25) is 5.91 Å². The minimum Gasteiger partial charge on any atom is -0.399 e. The van der Waals surface area contributed by atoms with Gasteiger partial charge in [0.05, 0.1) is 5.41 Å². The van der Waals surface area contributed by atoms with Crippen molar-refractivity contribution in [3.05, 3.63) is 29.8 Å². The topological polar surface area (TPSA) is 55.1 Å². The van der Waals surface area contributed by atoms with Crippen LogP contribution in [0.5, 0.6) is 0 Å². The summed E-state index contributed by atoms with van der Waals surface area (Å²) >= 11 is 0. The summed E-state index contributed by atoms with van der Waals surface area (Å²) in [5, 5.41) is 3.13. The molecule has 0 saturated heterocycles. The Morgan fingerprint density at radius 2 is 1.95 bits per heavy atom. The molecule has 19 heavy (non-hydrogen) atoms. The molecular formula is C16H22N2O. The molecule has 1 aromatic rings. The maximum Gasteiger partial charge on any atom is 0.230 e. The second-order valence-electron chi connectivity index (χ2n) is 6.05. The van der Waals surface area contributed by atoms with Crippen molar-refractivity contribution in [1.29, 1.82) is 0 Å². The first kappa shape index (κ1) is 12.5. The number of nitrogens with two attached hydrogens (primary N) is 1. The number of carbonyl (C=O) groups excluding carboxylic acids is 1. The zero-order valence-corrected chi connectivity index (χ0v) is 11.3. The molecule has 3 N–H and O–H groups in total. The molecule has 0 aromatic heterocycles. The molecule has 0 unspecified atom stereocenters. The zero-order chi connectivity index (χ0) is 13.3. The second kappa shape index (κ2) is 4.87. The molecule has 3 rings (SSSR count). The fraction of sp³-hybridized carbons (Fsp3) is 0.562. The number of anilines is 1. The Balaban J connectivity index is 1.57. The average molecular weight is 258 g/mol. The van der Waals surface area contributed by atoms with Crippen molar-refractivity contribution in [2.75, 3.05) is 12.3 Å². The molecular weight excluding hydrogens is 236 g/mol. The lowest BCUT2D eigenvalue weighted by molar-refractivity contribution is -0.123. The standard InChI is InChI=1S/C16H22N2O/c17-14-6-4-13(5-7-14)16(9-10-16)15(19)18-11-8-12-2-1-3-12/h4-7,12H,1-3,8-11,17H2,(H,18,19). The number of carbonyl (C=O) groups is 1. The van der Waals surface area contributed by atoms with Crippen molar-refractivity contribution in [1.82, 2.24) is 5.32 Å². The number of rotatable bonds is 5. The van der Waals surface area contributed by atoms with E-state index in [-0.39, 0.29) is 11.3 Å². The van der Waals surface area contributed by atoms with E-state index in [2.05, 4.69) is 5.32 Å². The van der Waals surface area contributed by atoms with Crippen LogP contribution in [0.2, 0.25) is 0 Å². The number of hydrogen-bond donors (Lipinski definition) is 2. The number of nitrogen functional groups attached to an aromatic ring is 1. The van der Waals surface area contributed by atoms with E-state index in [9.17, 15) is 4.79 Å². The third-order valence-corrected chi connectivity index (χ3v) is 4.71. The molecule has 0 heterocycles. The van der Waals surface area contributed by atoms with Crippen molar-refractivity contribution < 1.29 is 4.79 Å². The minimum atomic E-state index is -0.257. The summed E-state index contributed by atoms with van der Waals surface area (Å²) < 4.78 is 0. The van der Waals surface area contributed by atoms with E-state index in [4.69, 9.17) is 5.73 Å². The first-order chi connectivity index (χ1) is 9.21. The summed E-state index contributed by atoms with van der Waals surface area (Å²) in [7, 11) is 0. The third-order valence-electron chi connectivity index (χ3n) is 4.71. The first-order valence-corrected chi connectivity index (χ1v) is 7.35. The lowest BCUT2D eigenvalue weighted by Crippen LogP contribution is -2.36. The summed E-state index contributed by atoms with van der Waals surface area (Å²) in [5.41, 5.74) is 7.31. The van der Waals surface area contributed by atoms with Crippen molar-refractivity contribution in [3.63, 3.8) is 0 Å². The van der Waals surface area contributed by atoms with Crippen molar-refractivity contribution >= 4 is 11.6 Å². The van der Waals surface area contributed by atoms with Crippen LogP contribution in [0.3, 0.4) is 0 Å². The van der Waals surface area contributed by atoms with Crippen molar-refractivity contribution in [2.45, 2.75) is 43.9 Å². The number of amides is 1. The Labute approximate surface area is 114 Å². The Kier molecular flexibility index (Phi) is 3.21. The van der Waals surface area contributed by atoms with Gasteiger partial charge in [-0.2, -0.15) is 0 Å². The van der Waals surface area contributed by atoms with Crippen LogP contribution in [0, 0.1) is 5.92 Å². The highest BCUT2D eigenvalue weighted by Crippen LogP contribution is 2.48. The lowest BCUT2D eigenvalue weighted by atomic mass is 9.83. The van der Waals surface area contributed by atoms with Gasteiger partial charge in [0.15, 0.2) is 0 Å². The molecule has 0 radical (unpaired) electrons. The van der Waals surface area contributed by atoms with Gasteiger partial charge in [-0.05, 0) is 42.9 Å². The van der Waals surface area contributed by atoms with E-state index in [0.29, 0.717) is 0 Å². The Morgan fingerprint density at radius 1 is 1.26 bits per heavy atom. The molecule has 0 bridgehead atoms. The van der Waals surface area contributed by atoms with Gasteiger partial charge >= 0.3 is 0 Å². The molecule has 0 atom stereocenters. The molecule has 2 aliphatic carbocycles. The SMILES string of the molecule is Nc1ccc(C2(C(=O)NCCC3CCC3)CC2)cc1. The smallest absolute Gasteiger partial charge is 0.230 e. The van der Waals surface area contributed by atoms with Gasteiger partial charge in [-0.3, -0.25) is 4.79 Å². The minimum absolute atomic E-state index is 0.205. The molecule has 3 heteroatoms. The third kappa shape index (κ3) is 2.46. The summed E-state index contributed by atoms with van der Waals surface area (Å²) in [6.45, 7) is 0.834. The molecule has 0 spiro atoms. The largest absolute Gasteiger partial charge is 0.399 e. The van der Waals surface area contributed by atoms with Crippen LogP contribution in [-0.2, 0) is 10.2 Å². The Hall–Kier alpha value is -1.51. The average Bonchev–Trinajstić information content (AvgIpc) is 3.14. The normalized spacial score (nSPS) is 20.6. The van der Waals surface area contributed by atoms with E-state index in [1.165, 1.54) is 19.3 Å². The van der Waals surface area contributed by atoms with Gasteiger partial charge in [0.1, 0.15) is 0 Å². The van der Waals surface area contributed by atoms with Crippen LogP contribution in [-0.4, -0.2) is 12.5 Å². The molecule has 1 aromatic carbocycles. The maximum atomic E-state index is 12.4. The molecule has 0 aliphatic heterocycles. The van der Waals surface area contributed by atoms with Gasteiger partial charge in [-0.1, -0.05) is 31.4 Å². The predicted molar refractivity (Wildman–Crippen MR) is 76.7 cm³/mol. The van der Waals surface area contributed by atoms with Crippen molar-refractivity contribution in [2.24, 2.45) is 5.92 Å². The second-order valence-corrected chi connectivity index (χ2v) is 6.05. The highest BCUT2D eigenvalue weighted by atomic mass is 16.2.